The van der Waals surface area contributed by atoms with Gasteiger partial charge in [-0.3, -0.25) is 9.63 Å². The Morgan fingerprint density at radius 1 is 1.77 bits per heavy atom. The first-order chi connectivity index (χ1) is 6.19. The van der Waals surface area contributed by atoms with Crippen LogP contribution in [0.1, 0.15) is 21.9 Å². The second-order valence-electron chi connectivity index (χ2n) is 2.52. The Bertz CT molecular complexity index is 305. The Hall–Kier alpha value is -1.33. The third kappa shape index (κ3) is 2.07. The van der Waals surface area contributed by atoms with Crippen molar-refractivity contribution in [2.75, 3.05) is 7.11 Å². The number of aliphatic hydroxyl groups excluding tert-OH is 1. The molecule has 0 fully saturated rings. The fraction of sp³-hybridized carbons (Fsp3) is 0.375. The lowest BCUT2D eigenvalue weighted by Gasteiger charge is -1.98. The lowest BCUT2D eigenvalue weighted by molar-refractivity contribution is 0.0505. The lowest BCUT2D eigenvalue weighted by Crippen LogP contribution is -2.21. The highest BCUT2D eigenvalue weighted by Gasteiger charge is 2.14. The fourth-order valence-electron chi connectivity index (χ4n) is 0.990. The van der Waals surface area contributed by atoms with Gasteiger partial charge in [0.1, 0.15) is 12.4 Å². The van der Waals surface area contributed by atoms with Crippen LogP contribution >= 0.6 is 0 Å². The molecule has 0 unspecified atom stereocenters. The Morgan fingerprint density at radius 3 is 2.92 bits per heavy atom. The van der Waals surface area contributed by atoms with Gasteiger partial charge in [-0.05, 0) is 13.0 Å². The summed E-state index contributed by atoms with van der Waals surface area (Å²) in [4.78, 5) is 15.6. The van der Waals surface area contributed by atoms with Crippen LogP contribution in [0.15, 0.2) is 10.5 Å². The topological polar surface area (TPSA) is 71.7 Å². The van der Waals surface area contributed by atoms with Crippen molar-refractivity contribution in [2.24, 2.45) is 0 Å². The van der Waals surface area contributed by atoms with Crippen LogP contribution in [-0.2, 0) is 11.4 Å². The van der Waals surface area contributed by atoms with E-state index in [1.165, 1.54) is 7.11 Å². The molecule has 0 bridgehead atoms. The highest BCUT2D eigenvalue weighted by atomic mass is 16.6. The Kier molecular flexibility index (Phi) is 3.05. The van der Waals surface area contributed by atoms with Crippen molar-refractivity contribution in [1.82, 2.24) is 5.48 Å². The van der Waals surface area contributed by atoms with E-state index in [0.717, 1.165) is 0 Å². The molecule has 1 amide bonds. The zero-order valence-corrected chi connectivity index (χ0v) is 7.46. The van der Waals surface area contributed by atoms with Gasteiger partial charge in [0.2, 0.25) is 0 Å². The summed E-state index contributed by atoms with van der Waals surface area (Å²) >= 11 is 0. The maximum Gasteiger partial charge on any atom is 0.310 e. The molecule has 5 heteroatoms. The maximum atomic E-state index is 11.2. The largest absolute Gasteiger partial charge is 0.453 e. The van der Waals surface area contributed by atoms with Crippen LogP contribution < -0.4 is 5.48 Å². The van der Waals surface area contributed by atoms with Crippen LogP contribution in [0, 0.1) is 6.92 Å². The molecule has 0 radical (unpaired) electrons. The summed E-state index contributed by atoms with van der Waals surface area (Å²) in [5.74, 6) is 0.0596. The van der Waals surface area contributed by atoms with Crippen molar-refractivity contribution < 1.29 is 19.2 Å². The number of aliphatic hydroxyl groups is 1. The molecule has 0 aliphatic heterocycles. The molecule has 5 nitrogen and oxygen atoms in total. The van der Waals surface area contributed by atoms with E-state index in [9.17, 15) is 4.79 Å². The summed E-state index contributed by atoms with van der Waals surface area (Å²) in [6.07, 6.45) is 0. The number of amides is 1. The standard InChI is InChI=1S/C8H11NO4/c1-5-3-6(4-10)13-7(5)8(11)9-12-2/h3,10H,4H2,1-2H3,(H,9,11). The monoisotopic (exact) mass is 185 g/mol. The molecule has 1 rings (SSSR count). The first-order valence-electron chi connectivity index (χ1n) is 3.72. The summed E-state index contributed by atoms with van der Waals surface area (Å²) in [6, 6.07) is 1.60. The second kappa shape index (κ2) is 4.06. The van der Waals surface area contributed by atoms with Crippen molar-refractivity contribution in [1.29, 1.82) is 0 Å². The van der Waals surface area contributed by atoms with E-state index in [-0.39, 0.29) is 12.4 Å². The molecule has 0 aliphatic rings. The number of carbonyl (C=O) groups is 1. The number of hydroxylamine groups is 1. The smallest absolute Gasteiger partial charge is 0.310 e. The molecule has 0 aromatic carbocycles. The predicted octanol–water partition coefficient (Wildman–Crippen LogP) is 0.372. The highest BCUT2D eigenvalue weighted by Crippen LogP contribution is 2.14. The van der Waals surface area contributed by atoms with Crippen molar-refractivity contribution in [3.63, 3.8) is 0 Å². The van der Waals surface area contributed by atoms with E-state index in [2.05, 4.69) is 10.3 Å². The van der Waals surface area contributed by atoms with Crippen LogP contribution in [0.4, 0.5) is 0 Å². The third-order valence-corrected chi connectivity index (χ3v) is 1.53. The van der Waals surface area contributed by atoms with E-state index >= 15 is 0 Å². The van der Waals surface area contributed by atoms with Gasteiger partial charge in [-0.15, -0.1) is 0 Å². The van der Waals surface area contributed by atoms with E-state index in [1.807, 2.05) is 0 Å². The zero-order valence-electron chi connectivity index (χ0n) is 7.46. The first-order valence-corrected chi connectivity index (χ1v) is 3.72. The lowest BCUT2D eigenvalue weighted by atomic mass is 10.2. The Labute approximate surface area is 75.3 Å². The zero-order chi connectivity index (χ0) is 9.84. The Balaban J connectivity index is 2.87. The average Bonchev–Trinajstić information content (AvgIpc) is 2.47. The quantitative estimate of drug-likeness (QED) is 0.667. The summed E-state index contributed by atoms with van der Waals surface area (Å²) < 4.78 is 5.04. The summed E-state index contributed by atoms with van der Waals surface area (Å²) in [7, 11) is 1.34. The fourth-order valence-corrected chi connectivity index (χ4v) is 0.990. The molecule has 1 heterocycles. The number of aryl methyl sites for hydroxylation is 1. The van der Waals surface area contributed by atoms with Crippen molar-refractivity contribution in [3.8, 4) is 0 Å². The minimum atomic E-state index is -0.459. The molecule has 72 valence electrons. The number of hydrogen-bond donors (Lipinski definition) is 2. The number of carbonyl (C=O) groups excluding carboxylic acids is 1. The summed E-state index contributed by atoms with van der Waals surface area (Å²) in [5.41, 5.74) is 2.79. The van der Waals surface area contributed by atoms with Crippen LogP contribution in [0.5, 0.6) is 0 Å². The molecule has 0 aliphatic carbocycles. The van der Waals surface area contributed by atoms with Gasteiger partial charge in [0.15, 0.2) is 5.76 Å². The van der Waals surface area contributed by atoms with Crippen molar-refractivity contribution in [3.05, 3.63) is 23.2 Å². The number of rotatable bonds is 3. The molecule has 0 saturated heterocycles. The molecular weight excluding hydrogens is 174 g/mol. The van der Waals surface area contributed by atoms with E-state index in [4.69, 9.17) is 9.52 Å². The molecule has 0 saturated carbocycles. The van der Waals surface area contributed by atoms with Crippen molar-refractivity contribution in [2.45, 2.75) is 13.5 Å². The number of nitrogens with one attached hydrogen (secondary N) is 1. The van der Waals surface area contributed by atoms with Gasteiger partial charge in [0.05, 0.1) is 7.11 Å². The van der Waals surface area contributed by atoms with Gasteiger partial charge in [-0.25, -0.2) is 5.48 Å². The van der Waals surface area contributed by atoms with Gasteiger partial charge >= 0.3 is 5.91 Å². The van der Waals surface area contributed by atoms with Crippen molar-refractivity contribution >= 4 is 5.91 Å². The van der Waals surface area contributed by atoms with Gasteiger partial charge in [-0.2, -0.15) is 0 Å². The molecular formula is C8H11NO4. The van der Waals surface area contributed by atoms with Gasteiger partial charge < -0.3 is 9.52 Å². The number of furan rings is 1. The van der Waals surface area contributed by atoms with Gasteiger partial charge in [0, 0.05) is 5.56 Å². The summed E-state index contributed by atoms with van der Waals surface area (Å²) in [6.45, 7) is 1.49. The third-order valence-electron chi connectivity index (χ3n) is 1.53. The normalized spacial score (nSPS) is 10.1. The maximum absolute atomic E-state index is 11.2. The van der Waals surface area contributed by atoms with E-state index in [1.54, 1.807) is 13.0 Å². The molecule has 1 aromatic heterocycles. The molecule has 0 atom stereocenters. The second-order valence-corrected chi connectivity index (χ2v) is 2.52. The molecule has 1 aromatic rings. The SMILES string of the molecule is CONC(=O)c1oc(CO)cc1C. The minimum Gasteiger partial charge on any atom is -0.453 e. The van der Waals surface area contributed by atoms with Crippen LogP contribution in [-0.4, -0.2) is 18.1 Å². The predicted molar refractivity (Wildman–Crippen MR) is 43.8 cm³/mol. The van der Waals surface area contributed by atoms with Crippen LogP contribution in [0.3, 0.4) is 0 Å². The average molecular weight is 185 g/mol. The highest BCUT2D eigenvalue weighted by molar-refractivity contribution is 5.92. The summed E-state index contributed by atoms with van der Waals surface area (Å²) in [5, 5.41) is 8.73. The first kappa shape index (κ1) is 9.76. The van der Waals surface area contributed by atoms with E-state index < -0.39 is 5.91 Å². The van der Waals surface area contributed by atoms with E-state index in [0.29, 0.717) is 11.3 Å². The molecule has 13 heavy (non-hydrogen) atoms. The van der Waals surface area contributed by atoms with Crippen LogP contribution in [0.2, 0.25) is 0 Å². The van der Waals surface area contributed by atoms with Gasteiger partial charge in [0.25, 0.3) is 0 Å². The number of hydrogen-bond acceptors (Lipinski definition) is 4. The van der Waals surface area contributed by atoms with Gasteiger partial charge in [-0.1, -0.05) is 0 Å². The molecule has 2 N–H and O–H groups in total. The van der Waals surface area contributed by atoms with Crippen LogP contribution in [0.25, 0.3) is 0 Å². The molecule has 0 spiro atoms. The Morgan fingerprint density at radius 2 is 2.46 bits per heavy atom. The minimum absolute atomic E-state index is 0.158.